The van der Waals surface area contributed by atoms with Crippen LogP contribution in [0.1, 0.15) is 39.3 Å². The standard InChI is InChI=1S/C29H30BF3IN2O2.K/c1-18-25(16-30(31,32)33)19(2)28(20(3)27(18)34)35-12-14-36(15-13-35)29(37)38-17-26-23-10-6-4-8-21(23)22-9-5-7-11-24(22)26;/h4-11,26H,12-17H2,1-3H3;/q-1;+1. The van der Waals surface area contributed by atoms with Crippen molar-refractivity contribution in [3.63, 3.8) is 0 Å². The number of halogens is 4. The summed E-state index contributed by atoms with van der Waals surface area (Å²) in [7, 11) is 0. The summed E-state index contributed by atoms with van der Waals surface area (Å²) in [5, 5.41) is 0. The zero-order valence-electron chi connectivity index (χ0n) is 22.7. The quantitative estimate of drug-likeness (QED) is 0.301. The molecular formula is C29H30BF3IKN2O2. The fraction of sp³-hybridized carbons (Fsp3) is 0.345. The topological polar surface area (TPSA) is 32.8 Å². The summed E-state index contributed by atoms with van der Waals surface area (Å²) in [6, 6.07) is 16.5. The van der Waals surface area contributed by atoms with Crippen molar-refractivity contribution in [2.75, 3.05) is 37.7 Å². The summed E-state index contributed by atoms with van der Waals surface area (Å²) < 4.78 is 46.8. The molecular weight excluding hydrogens is 642 g/mol. The predicted molar refractivity (Wildman–Crippen MR) is 155 cm³/mol. The summed E-state index contributed by atoms with van der Waals surface area (Å²) in [6.07, 6.45) is -1.22. The summed E-state index contributed by atoms with van der Waals surface area (Å²) in [6.45, 7) is 2.87. The Kier molecular flexibility index (Phi) is 9.86. The monoisotopic (exact) mass is 672 g/mol. The molecule has 1 saturated heterocycles. The van der Waals surface area contributed by atoms with Gasteiger partial charge in [-0.3, -0.25) is 0 Å². The molecule has 5 rings (SSSR count). The number of carbonyl (C=O) groups excluding carboxylic acids is 1. The van der Waals surface area contributed by atoms with Crippen LogP contribution in [0.3, 0.4) is 0 Å². The number of nitrogens with zero attached hydrogens (tertiary/aromatic N) is 2. The van der Waals surface area contributed by atoms with E-state index in [1.54, 1.807) is 18.7 Å². The Morgan fingerprint density at radius 2 is 1.44 bits per heavy atom. The van der Waals surface area contributed by atoms with Gasteiger partial charge in [0.05, 0.1) is 0 Å². The Morgan fingerprint density at radius 3 is 1.97 bits per heavy atom. The minimum atomic E-state index is -4.94. The average Bonchev–Trinajstić information content (AvgIpc) is 3.22. The molecule has 1 amide bonds. The third-order valence-corrected chi connectivity index (χ3v) is 9.52. The van der Waals surface area contributed by atoms with Crippen LogP contribution in [0.15, 0.2) is 48.5 Å². The SMILES string of the molecule is Cc1c(I)c(C)c(N2CCN(C(=O)OCC3c4ccccc4-c4ccccc43)CC2)c(C)c1C[B-](F)(F)F.[K+]. The molecule has 1 fully saturated rings. The largest absolute Gasteiger partial charge is 1.00 e. The number of anilines is 1. The Labute approximate surface area is 284 Å². The summed E-state index contributed by atoms with van der Waals surface area (Å²) in [5.74, 6) is 0.00113. The maximum atomic E-state index is 13.4. The molecule has 0 saturated carbocycles. The Balaban J connectivity index is 0.00000353. The smallest absolute Gasteiger partial charge is 0.449 e. The zero-order chi connectivity index (χ0) is 27.2. The molecule has 1 aliphatic heterocycles. The number of fused-ring (bicyclic) bond motifs is 3. The first-order chi connectivity index (χ1) is 18.1. The van der Waals surface area contributed by atoms with Crippen molar-refractivity contribution in [1.82, 2.24) is 4.90 Å². The van der Waals surface area contributed by atoms with E-state index in [-0.39, 0.29) is 70.0 Å². The first-order valence-electron chi connectivity index (χ1n) is 12.9. The van der Waals surface area contributed by atoms with E-state index in [0.29, 0.717) is 42.9 Å². The molecule has 1 heterocycles. The molecule has 2 aliphatic rings. The molecule has 0 bridgehead atoms. The molecule has 1 aliphatic carbocycles. The molecule has 0 radical (unpaired) electrons. The number of rotatable bonds is 5. The summed E-state index contributed by atoms with van der Waals surface area (Å²) >= 11 is 2.16. The number of hydrogen-bond acceptors (Lipinski definition) is 3. The molecule has 10 heteroatoms. The number of ether oxygens (including phenoxy) is 1. The Hall–Kier alpha value is -1.05. The molecule has 4 nitrogen and oxygen atoms in total. The fourth-order valence-electron chi connectivity index (χ4n) is 6.03. The normalized spacial score (nSPS) is 15.1. The molecule has 39 heavy (non-hydrogen) atoms. The number of amides is 1. The maximum Gasteiger partial charge on any atom is 1.00 e. The molecule has 200 valence electrons. The third kappa shape index (κ3) is 6.25. The van der Waals surface area contributed by atoms with Gasteiger partial charge in [-0.15, -0.1) is 0 Å². The van der Waals surface area contributed by atoms with Gasteiger partial charge in [-0.1, -0.05) is 60.4 Å². The van der Waals surface area contributed by atoms with E-state index in [4.69, 9.17) is 4.74 Å². The van der Waals surface area contributed by atoms with E-state index in [1.807, 2.05) is 31.2 Å². The zero-order valence-corrected chi connectivity index (χ0v) is 28.0. The molecule has 0 spiro atoms. The van der Waals surface area contributed by atoms with Crippen molar-refractivity contribution in [3.8, 4) is 11.1 Å². The van der Waals surface area contributed by atoms with Crippen molar-refractivity contribution < 1.29 is 73.9 Å². The van der Waals surface area contributed by atoms with E-state index in [2.05, 4.69) is 51.8 Å². The minimum Gasteiger partial charge on any atom is -0.449 e. The van der Waals surface area contributed by atoms with E-state index in [9.17, 15) is 17.7 Å². The van der Waals surface area contributed by atoms with Crippen LogP contribution in [0.4, 0.5) is 23.4 Å². The van der Waals surface area contributed by atoms with E-state index < -0.39 is 13.3 Å². The van der Waals surface area contributed by atoms with Crippen LogP contribution in [0, 0.1) is 24.3 Å². The molecule has 3 aromatic carbocycles. The second kappa shape index (κ2) is 12.4. The number of carbonyl (C=O) groups is 1. The second-order valence-electron chi connectivity index (χ2n) is 10.2. The van der Waals surface area contributed by atoms with Crippen molar-refractivity contribution in [3.05, 3.63) is 85.5 Å². The van der Waals surface area contributed by atoms with Crippen LogP contribution in [0.2, 0.25) is 0 Å². The van der Waals surface area contributed by atoms with Crippen LogP contribution >= 0.6 is 22.6 Å². The predicted octanol–water partition coefficient (Wildman–Crippen LogP) is 4.22. The van der Waals surface area contributed by atoms with Crippen molar-refractivity contribution in [2.24, 2.45) is 0 Å². The van der Waals surface area contributed by atoms with Crippen LogP contribution in [0.5, 0.6) is 0 Å². The van der Waals surface area contributed by atoms with Gasteiger partial charge < -0.3 is 27.5 Å². The Bertz CT molecular complexity index is 1350. The van der Waals surface area contributed by atoms with Crippen LogP contribution < -0.4 is 56.3 Å². The van der Waals surface area contributed by atoms with Gasteiger partial charge in [-0.25, -0.2) is 4.79 Å². The van der Waals surface area contributed by atoms with Gasteiger partial charge in [0.25, 0.3) is 0 Å². The van der Waals surface area contributed by atoms with Gasteiger partial charge in [-0.05, 0) is 82.3 Å². The maximum absolute atomic E-state index is 13.4. The number of benzene rings is 3. The van der Waals surface area contributed by atoms with Gasteiger partial charge >= 0.3 is 64.5 Å². The summed E-state index contributed by atoms with van der Waals surface area (Å²) in [5.41, 5.74) is 8.33. The third-order valence-electron chi connectivity index (χ3n) is 7.90. The van der Waals surface area contributed by atoms with Crippen LogP contribution in [-0.4, -0.2) is 50.8 Å². The number of hydrogen-bond donors (Lipinski definition) is 0. The van der Waals surface area contributed by atoms with Gasteiger partial charge in [0, 0.05) is 41.4 Å². The van der Waals surface area contributed by atoms with Gasteiger partial charge in [0.15, 0.2) is 0 Å². The van der Waals surface area contributed by atoms with Gasteiger partial charge in [0.2, 0.25) is 0 Å². The average molecular weight is 672 g/mol. The van der Waals surface area contributed by atoms with Gasteiger partial charge in [-0.2, -0.15) is 0 Å². The molecule has 0 N–H and O–H groups in total. The molecule has 0 aromatic heterocycles. The van der Waals surface area contributed by atoms with E-state index in [1.165, 1.54) is 22.3 Å². The second-order valence-corrected chi connectivity index (χ2v) is 11.3. The summed E-state index contributed by atoms with van der Waals surface area (Å²) in [4.78, 5) is 16.8. The van der Waals surface area contributed by atoms with Crippen molar-refractivity contribution >= 4 is 41.3 Å². The van der Waals surface area contributed by atoms with Crippen molar-refractivity contribution in [2.45, 2.75) is 33.0 Å². The van der Waals surface area contributed by atoms with Crippen LogP contribution in [-0.2, 0) is 11.1 Å². The minimum absolute atomic E-state index is 0. The van der Waals surface area contributed by atoms with Gasteiger partial charge in [0.1, 0.15) is 6.61 Å². The van der Waals surface area contributed by atoms with Crippen LogP contribution in [0.25, 0.3) is 11.1 Å². The first-order valence-corrected chi connectivity index (χ1v) is 14.0. The molecule has 0 atom stereocenters. The van der Waals surface area contributed by atoms with Crippen molar-refractivity contribution in [1.29, 1.82) is 0 Å². The Morgan fingerprint density at radius 1 is 0.897 bits per heavy atom. The number of piperazine rings is 1. The fourth-order valence-corrected chi connectivity index (χ4v) is 6.61. The van der Waals surface area contributed by atoms with E-state index >= 15 is 0 Å². The molecule has 0 unspecified atom stereocenters. The van der Waals surface area contributed by atoms with E-state index in [0.717, 1.165) is 14.8 Å². The molecule has 3 aromatic rings. The first kappa shape index (κ1) is 30.9.